The fourth-order valence-electron chi connectivity index (χ4n) is 6.59. The topological polar surface area (TPSA) is 110 Å². The van der Waals surface area contributed by atoms with Crippen molar-refractivity contribution in [2.75, 3.05) is 7.11 Å². The minimum atomic E-state index is -0.798. The number of ether oxygens (including phenoxy) is 1. The van der Waals surface area contributed by atoms with Crippen molar-refractivity contribution in [3.05, 3.63) is 65.7 Å². The van der Waals surface area contributed by atoms with Crippen LogP contribution in [-0.2, 0) is 6.61 Å². The van der Waals surface area contributed by atoms with E-state index in [0.717, 1.165) is 42.0 Å². The Morgan fingerprint density at radius 2 is 1.71 bits per heavy atom. The number of aliphatic hydroxyl groups is 3. The summed E-state index contributed by atoms with van der Waals surface area (Å²) in [6, 6.07) is 12.3. The van der Waals surface area contributed by atoms with Crippen LogP contribution in [0.2, 0.25) is 0 Å². The molecule has 0 unspecified atom stereocenters. The summed E-state index contributed by atoms with van der Waals surface area (Å²) in [7, 11) is 1.50. The highest BCUT2D eigenvalue weighted by Crippen LogP contribution is 2.47. The summed E-state index contributed by atoms with van der Waals surface area (Å²) in [4.78, 5) is 0. The summed E-state index contributed by atoms with van der Waals surface area (Å²) < 4.78 is 5.73. The van der Waals surface area contributed by atoms with Gasteiger partial charge in [-0.2, -0.15) is 0 Å². The van der Waals surface area contributed by atoms with Crippen LogP contribution in [0.25, 0.3) is 21.9 Å². The number of aliphatic hydroxyl groups excluding tert-OH is 3. The molecule has 5 N–H and O–H groups in total. The third-order valence-electron chi connectivity index (χ3n) is 8.86. The van der Waals surface area contributed by atoms with E-state index in [-0.39, 0.29) is 35.7 Å². The number of phenolic OH excluding ortho intramolecular Hbond substituents is 2. The van der Waals surface area contributed by atoms with Gasteiger partial charge >= 0.3 is 0 Å². The SMILES string of the molecule is CC[C@H]1C#C[C@@H]2C=C[C@@H](c3ccc(O)c(OC)c3-c3cc4ccc(O)cc4cc3CO)C[C@@H](O)[C@@H]2[C@@H](O)CCCC1. The number of rotatable bonds is 5. The molecule has 0 heterocycles. The average Bonchev–Trinajstić information content (AvgIpc) is 3.13. The second-order valence-corrected chi connectivity index (χ2v) is 11.4. The molecule has 41 heavy (non-hydrogen) atoms. The molecule has 6 nitrogen and oxygen atoms in total. The van der Waals surface area contributed by atoms with Gasteiger partial charge in [0.1, 0.15) is 5.75 Å². The Kier molecular flexibility index (Phi) is 8.89. The van der Waals surface area contributed by atoms with E-state index in [9.17, 15) is 25.5 Å². The van der Waals surface area contributed by atoms with Crippen LogP contribution in [0.3, 0.4) is 0 Å². The van der Waals surface area contributed by atoms with Crippen LogP contribution < -0.4 is 4.74 Å². The lowest BCUT2D eigenvalue weighted by molar-refractivity contribution is -0.00703. The zero-order chi connectivity index (χ0) is 29.1. The van der Waals surface area contributed by atoms with Gasteiger partial charge in [0, 0.05) is 29.2 Å². The maximum atomic E-state index is 11.6. The lowest BCUT2D eigenvalue weighted by Crippen LogP contribution is -2.36. The summed E-state index contributed by atoms with van der Waals surface area (Å²) in [5.74, 6) is 6.62. The van der Waals surface area contributed by atoms with Crippen LogP contribution in [0, 0.1) is 29.6 Å². The van der Waals surface area contributed by atoms with E-state index in [1.165, 1.54) is 7.11 Å². The fraction of sp³-hybridized carbons (Fsp3) is 0.429. The molecule has 0 amide bonds. The molecule has 0 saturated heterocycles. The van der Waals surface area contributed by atoms with E-state index < -0.39 is 18.1 Å². The summed E-state index contributed by atoms with van der Waals surface area (Å²) in [6.07, 6.45) is 7.59. The van der Waals surface area contributed by atoms with Crippen LogP contribution in [-0.4, -0.2) is 44.9 Å². The zero-order valence-electron chi connectivity index (χ0n) is 23.8. The van der Waals surface area contributed by atoms with Crippen LogP contribution in [0.5, 0.6) is 17.2 Å². The molecular weight excluding hydrogens is 516 g/mol. The minimum absolute atomic E-state index is 0.0277. The summed E-state index contributed by atoms with van der Waals surface area (Å²) in [6.45, 7) is 1.90. The smallest absolute Gasteiger partial charge is 0.168 e. The molecule has 0 aromatic heterocycles. The van der Waals surface area contributed by atoms with Crippen molar-refractivity contribution in [2.24, 2.45) is 17.8 Å². The van der Waals surface area contributed by atoms with Gasteiger partial charge in [-0.05, 0) is 83.5 Å². The number of hydrogen-bond acceptors (Lipinski definition) is 6. The Hall–Kier alpha value is -3.50. The largest absolute Gasteiger partial charge is 0.508 e. The highest BCUT2D eigenvalue weighted by molar-refractivity contribution is 5.92. The van der Waals surface area contributed by atoms with Gasteiger partial charge in [0.05, 0.1) is 25.9 Å². The molecule has 216 valence electrons. The Morgan fingerprint density at radius 3 is 2.46 bits per heavy atom. The number of phenols is 2. The van der Waals surface area contributed by atoms with Crippen molar-refractivity contribution in [1.82, 2.24) is 0 Å². The first-order valence-electron chi connectivity index (χ1n) is 14.7. The lowest BCUT2D eigenvalue weighted by Gasteiger charge is -2.31. The monoisotopic (exact) mass is 556 g/mol. The highest BCUT2D eigenvalue weighted by atomic mass is 16.5. The molecule has 6 atom stereocenters. The third-order valence-corrected chi connectivity index (χ3v) is 8.86. The molecule has 3 aromatic carbocycles. The van der Waals surface area contributed by atoms with Crippen LogP contribution in [0.15, 0.2) is 54.6 Å². The summed E-state index contributed by atoms with van der Waals surface area (Å²) in [5, 5.41) is 55.6. The molecule has 0 aliphatic heterocycles. The molecule has 6 heteroatoms. The maximum absolute atomic E-state index is 11.6. The molecule has 0 saturated carbocycles. The number of allylic oxidation sites excluding steroid dienone is 2. The fourth-order valence-corrected chi connectivity index (χ4v) is 6.59. The van der Waals surface area contributed by atoms with Crippen molar-refractivity contribution in [3.63, 3.8) is 0 Å². The number of benzene rings is 3. The van der Waals surface area contributed by atoms with E-state index in [4.69, 9.17) is 4.74 Å². The van der Waals surface area contributed by atoms with Gasteiger partial charge < -0.3 is 30.3 Å². The number of hydrogen-bond donors (Lipinski definition) is 5. The first kappa shape index (κ1) is 29.0. The number of fused-ring (bicyclic) bond motifs is 2. The molecule has 2 aliphatic carbocycles. The summed E-state index contributed by atoms with van der Waals surface area (Å²) >= 11 is 0. The van der Waals surface area contributed by atoms with Gasteiger partial charge in [0.2, 0.25) is 0 Å². The third kappa shape index (κ3) is 5.94. The summed E-state index contributed by atoms with van der Waals surface area (Å²) in [5.41, 5.74) is 2.79. The molecule has 0 radical (unpaired) electrons. The predicted octanol–water partition coefficient (Wildman–Crippen LogP) is 6.02. The van der Waals surface area contributed by atoms with Crippen molar-refractivity contribution >= 4 is 10.8 Å². The van der Waals surface area contributed by atoms with Crippen molar-refractivity contribution in [2.45, 2.75) is 70.2 Å². The maximum Gasteiger partial charge on any atom is 0.168 e. The van der Waals surface area contributed by atoms with E-state index in [1.54, 1.807) is 18.2 Å². The molecule has 0 spiro atoms. The van der Waals surface area contributed by atoms with E-state index >= 15 is 0 Å². The van der Waals surface area contributed by atoms with Crippen molar-refractivity contribution in [1.29, 1.82) is 0 Å². The molecule has 0 fully saturated rings. The first-order chi connectivity index (χ1) is 19.8. The minimum Gasteiger partial charge on any atom is -0.508 e. The predicted molar refractivity (Wildman–Crippen MR) is 161 cm³/mol. The average molecular weight is 557 g/mol. The molecule has 0 bridgehead atoms. The highest BCUT2D eigenvalue weighted by Gasteiger charge is 2.37. The number of methoxy groups -OCH3 is 1. The molecule has 5 rings (SSSR count). The Bertz CT molecular complexity index is 1480. The van der Waals surface area contributed by atoms with E-state index in [1.807, 2.05) is 30.3 Å². The second kappa shape index (κ2) is 12.6. The van der Waals surface area contributed by atoms with Gasteiger partial charge in [0.25, 0.3) is 0 Å². The molecular formula is C35H40O6. The first-order valence-corrected chi connectivity index (χ1v) is 14.7. The van der Waals surface area contributed by atoms with Gasteiger partial charge in [-0.3, -0.25) is 0 Å². The Labute approximate surface area is 241 Å². The van der Waals surface area contributed by atoms with E-state index in [2.05, 4.69) is 24.8 Å². The van der Waals surface area contributed by atoms with Gasteiger partial charge in [0.15, 0.2) is 11.5 Å². The normalized spacial score (nSPS) is 26.5. The van der Waals surface area contributed by atoms with Gasteiger partial charge in [-0.15, -0.1) is 0 Å². The molecule has 2 aliphatic rings. The zero-order valence-corrected chi connectivity index (χ0v) is 23.8. The van der Waals surface area contributed by atoms with Gasteiger partial charge in [-0.1, -0.05) is 55.9 Å². The van der Waals surface area contributed by atoms with E-state index in [0.29, 0.717) is 35.4 Å². The van der Waals surface area contributed by atoms with Crippen LogP contribution >= 0.6 is 0 Å². The second-order valence-electron chi connectivity index (χ2n) is 11.4. The Balaban J connectivity index is 1.65. The lowest BCUT2D eigenvalue weighted by atomic mass is 9.78. The molecule has 3 aromatic rings. The van der Waals surface area contributed by atoms with Crippen molar-refractivity contribution < 1.29 is 30.3 Å². The van der Waals surface area contributed by atoms with Crippen LogP contribution in [0.1, 0.15) is 62.5 Å². The quantitative estimate of drug-likeness (QED) is 0.194. The van der Waals surface area contributed by atoms with Crippen LogP contribution in [0.4, 0.5) is 0 Å². The van der Waals surface area contributed by atoms with Gasteiger partial charge in [-0.25, -0.2) is 0 Å². The number of aromatic hydroxyl groups is 2. The standard InChI is InChI=1S/C35H40O6/c1-3-21-6-4-5-7-30(38)33-22(9-8-21)10-11-24(19-32(33)40)28-14-15-31(39)35(41-2)34(28)29-18-23-12-13-27(37)17-25(23)16-26(29)20-36/h10-18,21-22,24,30,32-33,36-40H,3-7,19-20H2,1-2H3/t21-,22-,24-,30+,32-,33+/m1/s1. The van der Waals surface area contributed by atoms with Crippen molar-refractivity contribution in [3.8, 4) is 40.2 Å². The Morgan fingerprint density at radius 1 is 0.902 bits per heavy atom.